The summed E-state index contributed by atoms with van der Waals surface area (Å²) in [5, 5.41) is 5.94. The standard InChI is InChI=1S/C18H22N4O3/c1-22(2)9-8-20-14-10-13(11-19-12-14)17(23)21-16-7-5-4-6-15(16)18(24)25-3/h4-7,10-12,20H,8-9H2,1-3H3,(H,21,23). The minimum atomic E-state index is -0.506. The van der Waals surface area contributed by atoms with Crippen LogP contribution in [0.25, 0.3) is 0 Å². The summed E-state index contributed by atoms with van der Waals surface area (Å²) in [6.45, 7) is 1.61. The van der Waals surface area contributed by atoms with E-state index >= 15 is 0 Å². The highest BCUT2D eigenvalue weighted by atomic mass is 16.5. The predicted octanol–water partition coefficient (Wildman–Crippen LogP) is 2.09. The molecule has 1 amide bonds. The molecule has 0 atom stereocenters. The van der Waals surface area contributed by atoms with E-state index in [0.29, 0.717) is 16.8 Å². The summed E-state index contributed by atoms with van der Waals surface area (Å²) < 4.78 is 4.73. The SMILES string of the molecule is COC(=O)c1ccccc1NC(=O)c1cncc(NCCN(C)C)c1. The largest absolute Gasteiger partial charge is 0.465 e. The molecule has 2 rings (SSSR count). The van der Waals surface area contributed by atoms with Crippen LogP contribution in [0.4, 0.5) is 11.4 Å². The maximum Gasteiger partial charge on any atom is 0.339 e. The number of benzene rings is 1. The summed E-state index contributed by atoms with van der Waals surface area (Å²) in [7, 11) is 5.28. The smallest absolute Gasteiger partial charge is 0.339 e. The Morgan fingerprint density at radius 1 is 1.20 bits per heavy atom. The van der Waals surface area contributed by atoms with Gasteiger partial charge in [-0.15, -0.1) is 0 Å². The number of hydrogen-bond acceptors (Lipinski definition) is 6. The van der Waals surface area contributed by atoms with Crippen molar-refractivity contribution in [2.24, 2.45) is 0 Å². The molecule has 2 aromatic rings. The Hall–Kier alpha value is -2.93. The van der Waals surface area contributed by atoms with Gasteiger partial charge in [0.1, 0.15) is 0 Å². The van der Waals surface area contributed by atoms with Crippen molar-refractivity contribution in [3.05, 3.63) is 53.9 Å². The molecular weight excluding hydrogens is 320 g/mol. The molecular formula is C18H22N4O3. The number of methoxy groups -OCH3 is 1. The lowest BCUT2D eigenvalue weighted by Crippen LogP contribution is -2.21. The second kappa shape index (κ2) is 8.79. The number of esters is 1. The van der Waals surface area contributed by atoms with Gasteiger partial charge in [-0.25, -0.2) is 4.79 Å². The molecule has 7 nitrogen and oxygen atoms in total. The minimum absolute atomic E-state index is 0.298. The fourth-order valence-electron chi connectivity index (χ4n) is 2.16. The first-order valence-corrected chi connectivity index (χ1v) is 7.83. The average Bonchev–Trinajstić information content (AvgIpc) is 2.61. The number of aromatic nitrogens is 1. The topological polar surface area (TPSA) is 83.6 Å². The molecule has 2 N–H and O–H groups in total. The molecule has 7 heteroatoms. The number of hydrogen-bond donors (Lipinski definition) is 2. The first-order valence-electron chi connectivity index (χ1n) is 7.83. The summed E-state index contributed by atoms with van der Waals surface area (Å²) in [5.74, 6) is -0.853. The van der Waals surface area contributed by atoms with Gasteiger partial charge in [-0.3, -0.25) is 9.78 Å². The Bertz CT molecular complexity index is 747. The Morgan fingerprint density at radius 3 is 2.68 bits per heavy atom. The zero-order chi connectivity index (χ0) is 18.2. The number of ether oxygens (including phenoxy) is 1. The van der Waals surface area contributed by atoms with Crippen LogP contribution >= 0.6 is 0 Å². The number of carbonyl (C=O) groups is 2. The average molecular weight is 342 g/mol. The Kier molecular flexibility index (Phi) is 6.47. The molecule has 0 aliphatic rings. The molecule has 0 radical (unpaired) electrons. The minimum Gasteiger partial charge on any atom is -0.465 e. The maximum absolute atomic E-state index is 12.5. The van der Waals surface area contributed by atoms with Gasteiger partial charge in [0.2, 0.25) is 0 Å². The molecule has 1 aromatic heterocycles. The predicted molar refractivity (Wildman–Crippen MR) is 97.0 cm³/mol. The van der Waals surface area contributed by atoms with E-state index in [2.05, 4.69) is 20.5 Å². The van der Waals surface area contributed by atoms with Crippen LogP contribution in [-0.2, 0) is 4.74 Å². The van der Waals surface area contributed by atoms with E-state index in [9.17, 15) is 9.59 Å². The third-order valence-corrected chi connectivity index (χ3v) is 3.47. The monoisotopic (exact) mass is 342 g/mol. The van der Waals surface area contributed by atoms with Crippen molar-refractivity contribution in [1.82, 2.24) is 9.88 Å². The van der Waals surface area contributed by atoms with Gasteiger partial charge in [0.25, 0.3) is 5.91 Å². The number of likely N-dealkylation sites (N-methyl/N-ethyl adjacent to an activating group) is 1. The van der Waals surface area contributed by atoms with E-state index in [1.54, 1.807) is 36.5 Å². The summed E-state index contributed by atoms with van der Waals surface area (Å²) in [5.41, 5.74) is 1.85. The van der Waals surface area contributed by atoms with E-state index in [-0.39, 0.29) is 5.91 Å². The van der Waals surface area contributed by atoms with Crippen molar-refractivity contribution in [3.8, 4) is 0 Å². The van der Waals surface area contributed by atoms with Gasteiger partial charge in [-0.05, 0) is 32.3 Å². The van der Waals surface area contributed by atoms with Crippen molar-refractivity contribution in [3.63, 3.8) is 0 Å². The molecule has 25 heavy (non-hydrogen) atoms. The molecule has 0 aliphatic carbocycles. The molecule has 1 heterocycles. The van der Waals surface area contributed by atoms with Gasteiger partial charge < -0.3 is 20.3 Å². The van der Waals surface area contributed by atoms with Gasteiger partial charge in [-0.2, -0.15) is 0 Å². The van der Waals surface area contributed by atoms with E-state index in [0.717, 1.165) is 18.8 Å². The number of carbonyl (C=O) groups excluding carboxylic acids is 2. The first kappa shape index (κ1) is 18.4. The van der Waals surface area contributed by atoms with Crippen LogP contribution in [0.1, 0.15) is 20.7 Å². The molecule has 0 saturated heterocycles. The number of nitrogens with zero attached hydrogens (tertiary/aromatic N) is 2. The summed E-state index contributed by atoms with van der Waals surface area (Å²) in [6, 6.07) is 8.41. The zero-order valence-corrected chi connectivity index (χ0v) is 14.6. The fraction of sp³-hybridized carbons (Fsp3) is 0.278. The molecule has 132 valence electrons. The van der Waals surface area contributed by atoms with E-state index in [1.807, 2.05) is 14.1 Å². The molecule has 0 saturated carbocycles. The van der Waals surface area contributed by atoms with Crippen molar-refractivity contribution < 1.29 is 14.3 Å². The second-order valence-electron chi connectivity index (χ2n) is 5.68. The molecule has 0 aliphatic heterocycles. The van der Waals surface area contributed by atoms with Crippen molar-refractivity contribution in [1.29, 1.82) is 0 Å². The lowest BCUT2D eigenvalue weighted by molar-refractivity contribution is 0.0602. The van der Waals surface area contributed by atoms with Crippen LogP contribution in [-0.4, -0.2) is 56.1 Å². The Labute approximate surface area is 147 Å². The van der Waals surface area contributed by atoms with Crippen molar-refractivity contribution in [2.45, 2.75) is 0 Å². The van der Waals surface area contributed by atoms with E-state index in [1.165, 1.54) is 13.3 Å². The number of anilines is 2. The summed E-state index contributed by atoms with van der Waals surface area (Å²) >= 11 is 0. The quantitative estimate of drug-likeness (QED) is 0.750. The summed E-state index contributed by atoms with van der Waals surface area (Å²) in [6.07, 6.45) is 3.14. The number of nitrogens with one attached hydrogen (secondary N) is 2. The molecule has 0 bridgehead atoms. The van der Waals surface area contributed by atoms with E-state index in [4.69, 9.17) is 4.74 Å². The normalized spacial score (nSPS) is 10.4. The second-order valence-corrected chi connectivity index (χ2v) is 5.68. The van der Waals surface area contributed by atoms with Gasteiger partial charge in [0.05, 0.1) is 29.6 Å². The molecule has 0 spiro atoms. The number of para-hydroxylation sites is 1. The Morgan fingerprint density at radius 2 is 1.96 bits per heavy atom. The number of rotatable bonds is 7. The van der Waals surface area contributed by atoms with Crippen LogP contribution in [0.3, 0.4) is 0 Å². The van der Waals surface area contributed by atoms with Crippen LogP contribution in [0.2, 0.25) is 0 Å². The summed E-state index contributed by atoms with van der Waals surface area (Å²) in [4.78, 5) is 30.4. The first-order chi connectivity index (χ1) is 12.0. The third-order valence-electron chi connectivity index (χ3n) is 3.47. The number of pyridine rings is 1. The zero-order valence-electron chi connectivity index (χ0n) is 14.6. The molecule has 0 fully saturated rings. The van der Waals surface area contributed by atoms with Gasteiger partial charge in [0.15, 0.2) is 0 Å². The third kappa shape index (κ3) is 5.29. The highest BCUT2D eigenvalue weighted by molar-refractivity contribution is 6.08. The Balaban J connectivity index is 2.10. The lowest BCUT2D eigenvalue weighted by Gasteiger charge is -2.12. The van der Waals surface area contributed by atoms with Crippen molar-refractivity contribution >= 4 is 23.3 Å². The van der Waals surface area contributed by atoms with Gasteiger partial charge in [0, 0.05) is 25.5 Å². The van der Waals surface area contributed by atoms with E-state index < -0.39 is 5.97 Å². The lowest BCUT2D eigenvalue weighted by atomic mass is 10.1. The van der Waals surface area contributed by atoms with Crippen LogP contribution in [0.5, 0.6) is 0 Å². The molecule has 1 aromatic carbocycles. The fourth-order valence-corrected chi connectivity index (χ4v) is 2.16. The van der Waals surface area contributed by atoms with Crippen molar-refractivity contribution in [2.75, 3.05) is 44.9 Å². The highest BCUT2D eigenvalue weighted by Gasteiger charge is 2.14. The maximum atomic E-state index is 12.5. The highest BCUT2D eigenvalue weighted by Crippen LogP contribution is 2.18. The number of amides is 1. The molecule has 0 unspecified atom stereocenters. The van der Waals surface area contributed by atoms with Crippen LogP contribution < -0.4 is 10.6 Å². The van der Waals surface area contributed by atoms with Gasteiger partial charge in [-0.1, -0.05) is 12.1 Å². The van der Waals surface area contributed by atoms with Gasteiger partial charge >= 0.3 is 5.97 Å². The van der Waals surface area contributed by atoms with Crippen LogP contribution in [0, 0.1) is 0 Å². The van der Waals surface area contributed by atoms with Crippen LogP contribution in [0.15, 0.2) is 42.7 Å².